The first-order chi connectivity index (χ1) is 20.6. The van der Waals surface area contributed by atoms with Crippen LogP contribution in [-0.4, -0.2) is 106 Å². The second kappa shape index (κ2) is 21.6. The summed E-state index contributed by atoms with van der Waals surface area (Å²) in [6.45, 7) is 11.0. The zero-order valence-electron chi connectivity index (χ0n) is 26.4. The Morgan fingerprint density at radius 1 is 0.744 bits per heavy atom. The van der Waals surface area contributed by atoms with Gasteiger partial charge in [-0.05, 0) is 37.5 Å². The molecule has 0 bridgehead atoms. The summed E-state index contributed by atoms with van der Waals surface area (Å²) in [5, 5.41) is 15.1. The molecule has 5 amide bonds. The van der Waals surface area contributed by atoms with Gasteiger partial charge in [-0.15, -0.1) is 0 Å². The van der Waals surface area contributed by atoms with Crippen molar-refractivity contribution in [1.29, 1.82) is 0 Å². The summed E-state index contributed by atoms with van der Waals surface area (Å²) in [5.74, 6) is 0.982. The number of urea groups is 1. The maximum absolute atomic E-state index is 12.0. The molecule has 43 heavy (non-hydrogen) atoms. The van der Waals surface area contributed by atoms with Gasteiger partial charge in [0, 0.05) is 63.1 Å². The number of thioether (sulfide) groups is 1. The van der Waals surface area contributed by atoms with Crippen LogP contribution in [-0.2, 0) is 28.6 Å². The van der Waals surface area contributed by atoms with Gasteiger partial charge in [-0.25, -0.2) is 4.79 Å². The van der Waals surface area contributed by atoms with Gasteiger partial charge < -0.3 is 40.8 Å². The molecule has 0 aromatic rings. The molecule has 2 aliphatic heterocycles. The lowest BCUT2D eigenvalue weighted by atomic mass is 9.97. The minimum absolute atomic E-state index is 0.0122. The van der Waals surface area contributed by atoms with Crippen LogP contribution in [0.3, 0.4) is 0 Å². The molecule has 248 valence electrons. The number of hydrogen-bond acceptors (Lipinski definition) is 8. The average Bonchev–Trinajstić information content (AvgIpc) is 3.50. The van der Waals surface area contributed by atoms with Gasteiger partial charge in [0.05, 0.1) is 38.5 Å². The van der Waals surface area contributed by atoms with Crippen molar-refractivity contribution in [3.05, 3.63) is 0 Å². The number of carbonyl (C=O) groups excluding carboxylic acids is 4. The van der Waals surface area contributed by atoms with Crippen LogP contribution >= 0.6 is 11.8 Å². The van der Waals surface area contributed by atoms with Crippen molar-refractivity contribution in [2.24, 2.45) is 5.41 Å². The van der Waals surface area contributed by atoms with Crippen molar-refractivity contribution < 1.29 is 33.4 Å². The lowest BCUT2D eigenvalue weighted by molar-refractivity contribution is -0.123. The van der Waals surface area contributed by atoms with Crippen LogP contribution in [0.5, 0.6) is 0 Å². The Kier molecular flexibility index (Phi) is 18.6. The first kappa shape index (κ1) is 37.1. The Bertz CT molecular complexity index is 842. The van der Waals surface area contributed by atoms with E-state index < -0.39 is 0 Å². The summed E-state index contributed by atoms with van der Waals surface area (Å²) in [6, 6.07) is 0.419. The van der Waals surface area contributed by atoms with Crippen LogP contribution in [0.4, 0.5) is 4.79 Å². The Morgan fingerprint density at radius 2 is 1.28 bits per heavy atom. The summed E-state index contributed by atoms with van der Waals surface area (Å²) in [7, 11) is 0. The topological polar surface area (TPSA) is 156 Å². The van der Waals surface area contributed by atoms with Crippen molar-refractivity contribution in [3.8, 4) is 0 Å². The van der Waals surface area contributed by atoms with Crippen LogP contribution in [0.25, 0.3) is 0 Å². The van der Waals surface area contributed by atoms with Gasteiger partial charge >= 0.3 is 6.03 Å². The van der Waals surface area contributed by atoms with E-state index in [-0.39, 0.29) is 41.3 Å². The van der Waals surface area contributed by atoms with Crippen molar-refractivity contribution in [2.75, 3.05) is 65.0 Å². The lowest BCUT2D eigenvalue weighted by Gasteiger charge is -2.18. The Balaban J connectivity index is 1.25. The molecule has 2 heterocycles. The van der Waals surface area contributed by atoms with Crippen molar-refractivity contribution >= 4 is 35.5 Å². The number of unbranched alkanes of at least 4 members (excludes halogenated alkanes) is 1. The summed E-state index contributed by atoms with van der Waals surface area (Å²) < 4.78 is 16.6. The van der Waals surface area contributed by atoms with Crippen LogP contribution in [0.15, 0.2) is 0 Å². The number of carbonyl (C=O) groups is 4. The molecule has 1 unspecified atom stereocenters. The average molecular weight is 630 g/mol. The van der Waals surface area contributed by atoms with E-state index in [0.717, 1.165) is 37.9 Å². The molecule has 5 N–H and O–H groups in total. The van der Waals surface area contributed by atoms with E-state index in [1.54, 1.807) is 0 Å². The quantitative estimate of drug-likeness (QED) is 0.0803. The highest BCUT2D eigenvalue weighted by molar-refractivity contribution is 8.00. The predicted octanol–water partition coefficient (Wildman–Crippen LogP) is 2.11. The maximum Gasteiger partial charge on any atom is 0.315 e. The third kappa shape index (κ3) is 18.3. The zero-order chi connectivity index (χ0) is 31.3. The van der Waals surface area contributed by atoms with E-state index in [1.807, 2.05) is 11.8 Å². The Labute approximate surface area is 261 Å². The molecule has 0 spiro atoms. The maximum atomic E-state index is 12.0. The fourth-order valence-electron chi connectivity index (χ4n) is 4.66. The highest BCUT2D eigenvalue weighted by atomic mass is 32.2. The minimum Gasteiger partial charge on any atom is -0.379 e. The summed E-state index contributed by atoms with van der Waals surface area (Å²) in [5.41, 5.74) is 0.0516. The number of amides is 5. The van der Waals surface area contributed by atoms with Crippen molar-refractivity contribution in [3.63, 3.8) is 0 Å². The van der Waals surface area contributed by atoms with Gasteiger partial charge in [0.1, 0.15) is 0 Å². The SMILES string of the molecule is CC(C)(C)CNC(=O)CCCC(=O)NCCCOCCOCCOCCCNC(=O)CCCC[C@H]1SCC2NC(=O)N[C@@H]21. The van der Waals surface area contributed by atoms with E-state index in [0.29, 0.717) is 90.2 Å². The summed E-state index contributed by atoms with van der Waals surface area (Å²) >= 11 is 1.90. The fraction of sp³-hybridized carbons (Fsp3) is 0.867. The normalized spacial score (nSPS) is 19.4. The smallest absolute Gasteiger partial charge is 0.315 e. The molecule has 2 aliphatic rings. The van der Waals surface area contributed by atoms with Crippen molar-refractivity contribution in [2.45, 2.75) is 95.9 Å². The van der Waals surface area contributed by atoms with Gasteiger partial charge in [0.2, 0.25) is 17.7 Å². The molecule has 0 saturated carbocycles. The Morgan fingerprint density at radius 3 is 1.86 bits per heavy atom. The standard InChI is InChI=1S/C30H55N5O7S/c1-30(2,3)22-33-27(38)12-6-11-26(37)32-14-8-16-41-18-20-42-19-17-40-15-7-13-31-25(36)10-5-4-9-24-28-23(21-43-24)34-29(39)35-28/h23-24,28H,4-22H2,1-3H3,(H,31,36)(H,32,37)(H,33,38)(H2,34,35,39)/t23?,24-,28+/m1/s1. The molecule has 12 nitrogen and oxygen atoms in total. The molecular weight excluding hydrogens is 574 g/mol. The minimum atomic E-state index is -0.0582. The highest BCUT2D eigenvalue weighted by Gasteiger charge is 2.42. The predicted molar refractivity (Wildman–Crippen MR) is 168 cm³/mol. The van der Waals surface area contributed by atoms with Gasteiger partial charge in [0.25, 0.3) is 0 Å². The second-order valence-electron chi connectivity index (χ2n) is 12.3. The lowest BCUT2D eigenvalue weighted by Crippen LogP contribution is -2.36. The first-order valence-corrected chi connectivity index (χ1v) is 16.9. The molecule has 2 fully saturated rings. The molecular formula is C30H55N5O7S. The van der Waals surface area contributed by atoms with E-state index in [1.165, 1.54) is 0 Å². The number of nitrogens with one attached hydrogen (secondary N) is 5. The first-order valence-electron chi connectivity index (χ1n) is 15.9. The van der Waals surface area contributed by atoms with E-state index >= 15 is 0 Å². The number of rotatable bonds is 24. The molecule has 2 saturated heterocycles. The van der Waals surface area contributed by atoms with E-state index in [9.17, 15) is 19.2 Å². The summed E-state index contributed by atoms with van der Waals surface area (Å²) in [4.78, 5) is 47.1. The third-order valence-corrected chi connectivity index (χ3v) is 8.53. The largest absolute Gasteiger partial charge is 0.379 e. The molecule has 0 radical (unpaired) electrons. The molecule has 0 aromatic heterocycles. The highest BCUT2D eigenvalue weighted by Crippen LogP contribution is 2.33. The second-order valence-corrected chi connectivity index (χ2v) is 13.6. The van der Waals surface area contributed by atoms with Crippen LogP contribution < -0.4 is 26.6 Å². The monoisotopic (exact) mass is 629 g/mol. The van der Waals surface area contributed by atoms with Gasteiger partial charge in [0.15, 0.2) is 0 Å². The number of hydrogen-bond donors (Lipinski definition) is 5. The zero-order valence-corrected chi connectivity index (χ0v) is 27.2. The van der Waals surface area contributed by atoms with Crippen LogP contribution in [0.1, 0.15) is 78.6 Å². The molecule has 13 heteroatoms. The molecule has 0 aromatic carbocycles. The van der Waals surface area contributed by atoms with E-state index in [4.69, 9.17) is 14.2 Å². The van der Waals surface area contributed by atoms with Gasteiger partial charge in [-0.1, -0.05) is 27.2 Å². The molecule has 2 rings (SSSR count). The molecule has 3 atom stereocenters. The van der Waals surface area contributed by atoms with Crippen LogP contribution in [0, 0.1) is 5.41 Å². The molecule has 0 aliphatic carbocycles. The number of fused-ring (bicyclic) bond motifs is 1. The van der Waals surface area contributed by atoms with Crippen LogP contribution in [0.2, 0.25) is 0 Å². The van der Waals surface area contributed by atoms with E-state index in [2.05, 4.69) is 47.4 Å². The fourth-order valence-corrected chi connectivity index (χ4v) is 6.20. The van der Waals surface area contributed by atoms with Gasteiger partial charge in [-0.3, -0.25) is 14.4 Å². The third-order valence-electron chi connectivity index (χ3n) is 7.02. The van der Waals surface area contributed by atoms with Gasteiger partial charge in [-0.2, -0.15) is 11.8 Å². The van der Waals surface area contributed by atoms with Crippen molar-refractivity contribution in [1.82, 2.24) is 26.6 Å². The summed E-state index contributed by atoms with van der Waals surface area (Å²) in [6.07, 6.45) is 6.11. The Hall–Kier alpha value is -2.09. The number of ether oxygens (including phenoxy) is 3.